The molecule has 0 radical (unpaired) electrons. The molecule has 0 amide bonds. The van der Waals surface area contributed by atoms with Crippen LogP contribution in [0.15, 0.2) is 4.90 Å². The van der Waals surface area contributed by atoms with E-state index in [9.17, 15) is 13.2 Å². The normalized spacial score (nSPS) is 12.9. The Morgan fingerprint density at radius 1 is 1.52 bits per heavy atom. The number of hydrogen-bond acceptors (Lipinski definition) is 4. The maximum atomic E-state index is 12.4. The van der Waals surface area contributed by atoms with Crippen molar-refractivity contribution in [2.24, 2.45) is 0 Å². The molecule has 0 saturated carbocycles. The molecular formula is C13H19N3O4S. The first kappa shape index (κ1) is 17.2. The molecule has 2 N–H and O–H groups in total. The number of aromatic nitrogens is 2. The zero-order chi connectivity index (χ0) is 16.2. The van der Waals surface area contributed by atoms with Crippen molar-refractivity contribution < 1.29 is 18.3 Å². The van der Waals surface area contributed by atoms with Crippen LogP contribution in [0.5, 0.6) is 0 Å². The van der Waals surface area contributed by atoms with Crippen LogP contribution < -0.4 is 4.72 Å². The van der Waals surface area contributed by atoms with Crippen molar-refractivity contribution in [3.63, 3.8) is 0 Å². The van der Waals surface area contributed by atoms with Gasteiger partial charge in [-0.2, -0.15) is 5.10 Å². The highest BCUT2D eigenvalue weighted by Gasteiger charge is 2.27. The van der Waals surface area contributed by atoms with Crippen LogP contribution in [0.3, 0.4) is 0 Å². The number of nitrogens with one attached hydrogen (secondary N) is 1. The van der Waals surface area contributed by atoms with Gasteiger partial charge in [0.05, 0.1) is 11.4 Å². The minimum Gasteiger partial charge on any atom is -0.480 e. The second-order valence-corrected chi connectivity index (χ2v) is 6.34. The fraction of sp³-hybridized carbons (Fsp3) is 0.538. The van der Waals surface area contributed by atoms with E-state index in [0.29, 0.717) is 6.42 Å². The molecular weight excluding hydrogens is 294 g/mol. The van der Waals surface area contributed by atoms with Gasteiger partial charge in [0.25, 0.3) is 0 Å². The van der Waals surface area contributed by atoms with Crippen molar-refractivity contribution in [3.05, 3.63) is 11.4 Å². The van der Waals surface area contributed by atoms with Crippen LogP contribution >= 0.6 is 0 Å². The summed E-state index contributed by atoms with van der Waals surface area (Å²) in [5.41, 5.74) is 0.551. The number of carbonyl (C=O) groups is 1. The molecule has 0 aliphatic carbocycles. The topological polar surface area (TPSA) is 101 Å². The van der Waals surface area contributed by atoms with Crippen LogP contribution in [-0.4, -0.2) is 35.3 Å². The predicted octanol–water partition coefficient (Wildman–Crippen LogP) is 0.665. The summed E-state index contributed by atoms with van der Waals surface area (Å²) in [6.45, 7) is 4.50. The van der Waals surface area contributed by atoms with Gasteiger partial charge in [-0.25, -0.2) is 13.1 Å². The van der Waals surface area contributed by atoms with Crippen LogP contribution in [0.25, 0.3) is 0 Å². The summed E-state index contributed by atoms with van der Waals surface area (Å²) in [5, 5.41) is 12.8. The summed E-state index contributed by atoms with van der Waals surface area (Å²) in [6.07, 6.45) is 6.06. The third-order valence-corrected chi connectivity index (χ3v) is 4.82. The van der Waals surface area contributed by atoms with Crippen molar-refractivity contribution >= 4 is 16.0 Å². The molecule has 1 aromatic rings. The van der Waals surface area contributed by atoms with Crippen LogP contribution in [-0.2, 0) is 21.4 Å². The first-order valence-corrected chi connectivity index (χ1v) is 7.92. The van der Waals surface area contributed by atoms with Crippen LogP contribution in [0, 0.1) is 26.2 Å². The summed E-state index contributed by atoms with van der Waals surface area (Å²) in [6, 6.07) is -0.360. The molecule has 0 spiro atoms. The Hall–Kier alpha value is -1.85. The number of rotatable bonds is 7. The maximum absolute atomic E-state index is 12.4. The van der Waals surface area contributed by atoms with Crippen LogP contribution in [0.1, 0.15) is 31.2 Å². The quantitative estimate of drug-likeness (QED) is 0.720. The highest BCUT2D eigenvalue weighted by Crippen LogP contribution is 2.20. The SMILES string of the molecule is C#CCC(CC)NS(=O)(=O)c1c(C)nn(CC(=O)O)c1C. The highest BCUT2D eigenvalue weighted by molar-refractivity contribution is 7.89. The molecule has 0 aromatic carbocycles. The molecule has 116 valence electrons. The van der Waals surface area contributed by atoms with Crippen LogP contribution in [0.2, 0.25) is 0 Å². The second kappa shape index (κ2) is 6.74. The van der Waals surface area contributed by atoms with Gasteiger partial charge >= 0.3 is 5.97 Å². The Balaban J connectivity index is 3.17. The molecule has 0 saturated heterocycles. The van der Waals surface area contributed by atoms with Crippen molar-refractivity contribution in [1.82, 2.24) is 14.5 Å². The predicted molar refractivity (Wildman–Crippen MR) is 77.2 cm³/mol. The third kappa shape index (κ3) is 4.06. The van der Waals surface area contributed by atoms with Gasteiger partial charge in [0.1, 0.15) is 11.4 Å². The van der Waals surface area contributed by atoms with Gasteiger partial charge in [0.15, 0.2) is 0 Å². The Kier molecular flexibility index (Phi) is 5.52. The lowest BCUT2D eigenvalue weighted by atomic mass is 10.2. The van der Waals surface area contributed by atoms with Gasteiger partial charge in [0.2, 0.25) is 10.0 Å². The summed E-state index contributed by atoms with van der Waals surface area (Å²) >= 11 is 0. The molecule has 1 heterocycles. The van der Waals surface area contributed by atoms with Crippen molar-refractivity contribution in [1.29, 1.82) is 0 Å². The van der Waals surface area contributed by atoms with E-state index in [1.807, 2.05) is 6.92 Å². The number of nitrogens with zero attached hydrogens (tertiary/aromatic N) is 2. The number of aliphatic carboxylic acids is 1. The Labute approximate surface area is 124 Å². The number of terminal acetylenes is 1. The molecule has 7 nitrogen and oxygen atoms in total. The number of hydrogen-bond donors (Lipinski definition) is 2. The number of sulfonamides is 1. The summed E-state index contributed by atoms with van der Waals surface area (Å²) in [5.74, 6) is 1.34. The largest absolute Gasteiger partial charge is 0.480 e. The highest BCUT2D eigenvalue weighted by atomic mass is 32.2. The van der Waals surface area contributed by atoms with Gasteiger partial charge in [0, 0.05) is 12.5 Å². The van der Waals surface area contributed by atoms with Crippen molar-refractivity contribution in [2.45, 2.75) is 51.1 Å². The van der Waals surface area contributed by atoms with Gasteiger partial charge in [-0.05, 0) is 20.3 Å². The lowest BCUT2D eigenvalue weighted by Crippen LogP contribution is -2.34. The van der Waals surface area contributed by atoms with E-state index in [-0.39, 0.29) is 35.3 Å². The molecule has 0 aliphatic heterocycles. The molecule has 1 aromatic heterocycles. The van der Waals surface area contributed by atoms with E-state index >= 15 is 0 Å². The fourth-order valence-corrected chi connectivity index (χ4v) is 3.77. The fourth-order valence-electron chi connectivity index (χ4n) is 2.04. The smallest absolute Gasteiger partial charge is 0.325 e. The first-order valence-electron chi connectivity index (χ1n) is 6.44. The lowest BCUT2D eigenvalue weighted by molar-refractivity contribution is -0.137. The number of carboxylic acid groups (broad SMARTS) is 1. The van der Waals surface area contributed by atoms with Gasteiger partial charge < -0.3 is 5.11 Å². The molecule has 1 unspecified atom stereocenters. The van der Waals surface area contributed by atoms with Gasteiger partial charge in [-0.3, -0.25) is 9.48 Å². The average molecular weight is 313 g/mol. The van der Waals surface area contributed by atoms with E-state index < -0.39 is 16.0 Å². The first-order chi connectivity index (χ1) is 9.72. The summed E-state index contributed by atoms with van der Waals surface area (Å²) in [4.78, 5) is 10.8. The number of aryl methyl sites for hydroxylation is 1. The average Bonchev–Trinajstić information content (AvgIpc) is 2.63. The van der Waals surface area contributed by atoms with Gasteiger partial charge in [-0.1, -0.05) is 6.92 Å². The standard InChI is InChI=1S/C13H19N3O4S/c1-5-7-11(6-2)15-21(19,20)13-9(3)14-16(10(13)4)8-12(17)18/h1,11,15H,6-8H2,2-4H3,(H,17,18). The monoisotopic (exact) mass is 313 g/mol. The second-order valence-electron chi connectivity index (χ2n) is 4.69. The Morgan fingerprint density at radius 3 is 2.62 bits per heavy atom. The number of carboxylic acids is 1. The Morgan fingerprint density at radius 2 is 2.14 bits per heavy atom. The molecule has 0 aliphatic rings. The van der Waals surface area contributed by atoms with E-state index in [4.69, 9.17) is 11.5 Å². The molecule has 0 fully saturated rings. The molecule has 1 rings (SSSR count). The Bertz CT molecular complexity index is 670. The van der Waals surface area contributed by atoms with Crippen molar-refractivity contribution in [2.75, 3.05) is 0 Å². The van der Waals surface area contributed by atoms with E-state index in [1.54, 1.807) is 0 Å². The minimum absolute atomic E-state index is 0.0132. The lowest BCUT2D eigenvalue weighted by Gasteiger charge is -2.14. The zero-order valence-corrected chi connectivity index (χ0v) is 13.1. The zero-order valence-electron chi connectivity index (χ0n) is 12.3. The molecule has 1 atom stereocenters. The summed E-state index contributed by atoms with van der Waals surface area (Å²) in [7, 11) is -3.79. The van der Waals surface area contributed by atoms with E-state index in [2.05, 4.69) is 15.7 Å². The summed E-state index contributed by atoms with van der Waals surface area (Å²) < 4.78 is 28.6. The maximum Gasteiger partial charge on any atom is 0.325 e. The minimum atomic E-state index is -3.79. The van der Waals surface area contributed by atoms with Crippen molar-refractivity contribution in [3.8, 4) is 12.3 Å². The van der Waals surface area contributed by atoms with Crippen LogP contribution in [0.4, 0.5) is 0 Å². The van der Waals surface area contributed by atoms with Gasteiger partial charge in [-0.15, -0.1) is 12.3 Å². The third-order valence-electron chi connectivity index (χ3n) is 3.05. The van der Waals surface area contributed by atoms with E-state index in [0.717, 1.165) is 4.68 Å². The molecule has 8 heteroatoms. The molecule has 21 heavy (non-hydrogen) atoms. The molecule has 0 bridgehead atoms. The van der Waals surface area contributed by atoms with E-state index in [1.165, 1.54) is 13.8 Å².